The van der Waals surface area contributed by atoms with Gasteiger partial charge in [-0.1, -0.05) is 31.5 Å². The van der Waals surface area contributed by atoms with Crippen LogP contribution in [0.2, 0.25) is 0 Å². The number of carboxylic acids is 2. The number of aliphatic carboxylic acids is 2. The van der Waals surface area contributed by atoms with E-state index in [1.807, 2.05) is 12.1 Å². The molecule has 0 spiro atoms. The number of rotatable bonds is 7. The average Bonchev–Trinajstić information content (AvgIpc) is 2.42. The second-order valence-corrected chi connectivity index (χ2v) is 5.14. The second kappa shape index (κ2) is 7.08. The smallest absolute Gasteiger partial charge is 0.310 e. The van der Waals surface area contributed by atoms with Crippen LogP contribution in [0.4, 0.5) is 0 Å². The Balaban J connectivity index is 3.35. The molecule has 0 aromatic heterocycles. The zero-order valence-electron chi connectivity index (χ0n) is 12.2. The van der Waals surface area contributed by atoms with Gasteiger partial charge in [-0.15, -0.1) is 0 Å². The molecule has 0 aliphatic rings. The summed E-state index contributed by atoms with van der Waals surface area (Å²) in [5, 5.41) is 18.5. The van der Waals surface area contributed by atoms with Crippen molar-refractivity contribution in [1.29, 1.82) is 0 Å². The Morgan fingerprint density at radius 2 is 1.70 bits per heavy atom. The van der Waals surface area contributed by atoms with E-state index in [0.29, 0.717) is 11.1 Å². The molecular formula is C16H22O4. The topological polar surface area (TPSA) is 74.6 Å². The number of hydrogen-bond donors (Lipinski definition) is 2. The quantitative estimate of drug-likeness (QED) is 0.801. The van der Waals surface area contributed by atoms with Gasteiger partial charge in [0.05, 0.1) is 11.8 Å². The third-order valence-corrected chi connectivity index (χ3v) is 3.67. The Kier molecular flexibility index (Phi) is 5.74. The minimum Gasteiger partial charge on any atom is -0.481 e. The molecule has 4 heteroatoms. The van der Waals surface area contributed by atoms with E-state index in [1.165, 1.54) is 0 Å². The number of carbonyl (C=O) groups is 2. The molecule has 0 heterocycles. The maximum atomic E-state index is 11.3. The third-order valence-electron chi connectivity index (χ3n) is 3.67. The summed E-state index contributed by atoms with van der Waals surface area (Å²) in [5.41, 5.74) is 2.23. The van der Waals surface area contributed by atoms with Gasteiger partial charge in [-0.05, 0) is 43.4 Å². The van der Waals surface area contributed by atoms with Crippen molar-refractivity contribution < 1.29 is 19.8 Å². The summed E-state index contributed by atoms with van der Waals surface area (Å²) >= 11 is 0. The van der Waals surface area contributed by atoms with Gasteiger partial charge in [0.15, 0.2) is 0 Å². The van der Waals surface area contributed by atoms with Crippen LogP contribution in [-0.2, 0) is 16.0 Å². The minimum absolute atomic E-state index is 0.612. The number of unbranched alkanes of at least 4 members (excludes halogenated alkanes) is 1. The van der Waals surface area contributed by atoms with Crippen LogP contribution < -0.4 is 0 Å². The molecule has 0 aliphatic heterocycles. The third kappa shape index (κ3) is 3.59. The standard InChI is InChI=1S/C16H22O4/c1-4-5-7-12-8-6-9-13(10(2)15(17)18)14(12)11(3)16(19)20/h6,8-11H,4-5,7H2,1-3H3,(H,17,18)(H,19,20). The molecule has 4 nitrogen and oxygen atoms in total. The van der Waals surface area contributed by atoms with Gasteiger partial charge in [0, 0.05) is 0 Å². The highest BCUT2D eigenvalue weighted by Crippen LogP contribution is 2.31. The fraction of sp³-hybridized carbons (Fsp3) is 0.500. The van der Waals surface area contributed by atoms with Crippen molar-refractivity contribution in [1.82, 2.24) is 0 Å². The van der Waals surface area contributed by atoms with E-state index >= 15 is 0 Å². The van der Waals surface area contributed by atoms with Crippen molar-refractivity contribution in [2.45, 2.75) is 51.9 Å². The zero-order chi connectivity index (χ0) is 15.3. The molecule has 2 atom stereocenters. The largest absolute Gasteiger partial charge is 0.481 e. The van der Waals surface area contributed by atoms with Crippen LogP contribution in [0.5, 0.6) is 0 Å². The van der Waals surface area contributed by atoms with Gasteiger partial charge >= 0.3 is 11.9 Å². The Morgan fingerprint density at radius 3 is 2.20 bits per heavy atom. The minimum atomic E-state index is -0.934. The van der Waals surface area contributed by atoms with Gasteiger partial charge in [0.2, 0.25) is 0 Å². The second-order valence-electron chi connectivity index (χ2n) is 5.14. The van der Waals surface area contributed by atoms with Crippen molar-refractivity contribution >= 4 is 11.9 Å². The summed E-state index contributed by atoms with van der Waals surface area (Å²) in [4.78, 5) is 22.5. The molecule has 0 aliphatic carbocycles. The fourth-order valence-electron chi connectivity index (χ4n) is 2.38. The Labute approximate surface area is 119 Å². The Morgan fingerprint density at radius 1 is 1.10 bits per heavy atom. The van der Waals surface area contributed by atoms with Crippen LogP contribution in [0.25, 0.3) is 0 Å². The molecular weight excluding hydrogens is 256 g/mol. The molecule has 1 rings (SSSR count). The fourth-order valence-corrected chi connectivity index (χ4v) is 2.38. The van der Waals surface area contributed by atoms with Crippen molar-refractivity contribution in [3.05, 3.63) is 34.9 Å². The van der Waals surface area contributed by atoms with Gasteiger partial charge in [-0.3, -0.25) is 9.59 Å². The molecule has 0 bridgehead atoms. The predicted molar refractivity (Wildman–Crippen MR) is 77.2 cm³/mol. The molecule has 0 amide bonds. The van der Waals surface area contributed by atoms with E-state index in [2.05, 4.69) is 6.92 Å². The maximum Gasteiger partial charge on any atom is 0.310 e. The molecule has 110 valence electrons. The lowest BCUT2D eigenvalue weighted by Gasteiger charge is -2.20. The molecule has 1 aromatic carbocycles. The zero-order valence-corrected chi connectivity index (χ0v) is 12.2. The maximum absolute atomic E-state index is 11.3. The molecule has 0 radical (unpaired) electrons. The monoisotopic (exact) mass is 278 g/mol. The van der Waals surface area contributed by atoms with Gasteiger partial charge in [0.1, 0.15) is 0 Å². The van der Waals surface area contributed by atoms with Crippen LogP contribution in [0, 0.1) is 0 Å². The van der Waals surface area contributed by atoms with E-state index in [9.17, 15) is 19.8 Å². The lowest BCUT2D eigenvalue weighted by Crippen LogP contribution is -2.17. The van der Waals surface area contributed by atoms with Crippen LogP contribution in [0.1, 0.15) is 62.1 Å². The van der Waals surface area contributed by atoms with Crippen LogP contribution >= 0.6 is 0 Å². The van der Waals surface area contributed by atoms with Crippen molar-refractivity contribution in [2.75, 3.05) is 0 Å². The first-order chi connectivity index (χ1) is 9.40. The van der Waals surface area contributed by atoms with Gasteiger partial charge in [-0.25, -0.2) is 0 Å². The summed E-state index contributed by atoms with van der Waals surface area (Å²) in [6.07, 6.45) is 2.76. The van der Waals surface area contributed by atoms with Gasteiger partial charge in [0.25, 0.3) is 0 Å². The predicted octanol–water partition coefficient (Wildman–Crippen LogP) is 3.41. The van der Waals surface area contributed by atoms with Gasteiger partial charge < -0.3 is 10.2 Å². The van der Waals surface area contributed by atoms with E-state index in [0.717, 1.165) is 24.8 Å². The normalized spacial score (nSPS) is 13.8. The molecule has 0 saturated heterocycles. The first-order valence-corrected chi connectivity index (χ1v) is 6.97. The first kappa shape index (κ1) is 16.2. The average molecular weight is 278 g/mol. The van der Waals surface area contributed by atoms with E-state index in [4.69, 9.17) is 0 Å². The number of benzene rings is 1. The summed E-state index contributed by atoms with van der Waals surface area (Å²) in [6.45, 7) is 5.29. The highest BCUT2D eigenvalue weighted by molar-refractivity contribution is 5.80. The van der Waals surface area contributed by atoms with Crippen molar-refractivity contribution in [2.24, 2.45) is 0 Å². The van der Waals surface area contributed by atoms with Crippen LogP contribution in [-0.4, -0.2) is 22.2 Å². The lowest BCUT2D eigenvalue weighted by atomic mass is 9.84. The van der Waals surface area contributed by atoms with Crippen LogP contribution in [0.3, 0.4) is 0 Å². The lowest BCUT2D eigenvalue weighted by molar-refractivity contribution is -0.140. The molecule has 0 fully saturated rings. The summed E-state index contributed by atoms with van der Waals surface area (Å²) in [6, 6.07) is 5.45. The van der Waals surface area contributed by atoms with E-state index in [1.54, 1.807) is 19.9 Å². The molecule has 1 aromatic rings. The van der Waals surface area contributed by atoms with E-state index in [-0.39, 0.29) is 0 Å². The number of hydrogen-bond acceptors (Lipinski definition) is 2. The number of aryl methyl sites for hydroxylation is 1. The van der Waals surface area contributed by atoms with Gasteiger partial charge in [-0.2, -0.15) is 0 Å². The van der Waals surface area contributed by atoms with Crippen molar-refractivity contribution in [3.63, 3.8) is 0 Å². The highest BCUT2D eigenvalue weighted by atomic mass is 16.4. The first-order valence-electron chi connectivity index (χ1n) is 6.97. The Bertz CT molecular complexity index is 493. The number of carboxylic acid groups (broad SMARTS) is 2. The molecule has 2 N–H and O–H groups in total. The summed E-state index contributed by atoms with van der Waals surface area (Å²) in [5.74, 6) is -3.25. The Hall–Kier alpha value is -1.84. The molecule has 0 saturated carbocycles. The summed E-state index contributed by atoms with van der Waals surface area (Å²) < 4.78 is 0. The highest BCUT2D eigenvalue weighted by Gasteiger charge is 2.25. The van der Waals surface area contributed by atoms with Crippen LogP contribution in [0.15, 0.2) is 18.2 Å². The SMILES string of the molecule is CCCCc1cccc(C(C)C(=O)O)c1C(C)C(=O)O. The molecule has 2 unspecified atom stereocenters. The van der Waals surface area contributed by atoms with Crippen molar-refractivity contribution in [3.8, 4) is 0 Å². The molecule has 20 heavy (non-hydrogen) atoms. The summed E-state index contributed by atoms with van der Waals surface area (Å²) in [7, 11) is 0. The van der Waals surface area contributed by atoms with E-state index < -0.39 is 23.8 Å².